The van der Waals surface area contributed by atoms with E-state index in [4.69, 9.17) is 0 Å². The van der Waals surface area contributed by atoms with Crippen LogP contribution in [0.3, 0.4) is 0 Å². The second-order valence-electron chi connectivity index (χ2n) is 5.66. The van der Waals surface area contributed by atoms with Crippen molar-refractivity contribution in [1.82, 2.24) is 4.90 Å². The molecular formula is C10H23NOSi. The van der Waals surface area contributed by atoms with Crippen molar-refractivity contribution in [2.45, 2.75) is 38.6 Å². The second kappa shape index (κ2) is 4.11. The first kappa shape index (κ1) is 11.2. The predicted molar refractivity (Wildman–Crippen MR) is 59.6 cm³/mol. The summed E-state index contributed by atoms with van der Waals surface area (Å²) in [5, 5.41) is 9.73. The van der Waals surface area contributed by atoms with E-state index in [1.165, 1.54) is 19.0 Å². The van der Waals surface area contributed by atoms with Crippen LogP contribution in [0.15, 0.2) is 0 Å². The molecule has 0 aromatic rings. The van der Waals surface area contributed by atoms with E-state index in [-0.39, 0.29) is 6.10 Å². The molecule has 1 fully saturated rings. The molecule has 1 aliphatic rings. The van der Waals surface area contributed by atoms with E-state index in [1.807, 2.05) is 0 Å². The van der Waals surface area contributed by atoms with Gasteiger partial charge < -0.3 is 10.0 Å². The number of nitrogens with zero attached hydrogens (tertiary/aromatic N) is 1. The summed E-state index contributed by atoms with van der Waals surface area (Å²) in [5.74, 6) is 0.615. The maximum atomic E-state index is 9.73. The Bertz CT molecular complexity index is 163. The molecule has 3 heteroatoms. The fourth-order valence-corrected chi connectivity index (χ4v) is 3.57. The van der Waals surface area contributed by atoms with E-state index in [9.17, 15) is 5.11 Å². The zero-order chi connectivity index (χ0) is 10.1. The van der Waals surface area contributed by atoms with Crippen molar-refractivity contribution in [2.75, 3.05) is 19.8 Å². The molecule has 13 heavy (non-hydrogen) atoms. The number of likely N-dealkylation sites (N-methyl/N-ethyl adjacent to an activating group) is 1. The van der Waals surface area contributed by atoms with E-state index in [1.54, 1.807) is 0 Å². The fraction of sp³-hybridized carbons (Fsp3) is 1.00. The summed E-state index contributed by atoms with van der Waals surface area (Å²) in [6.07, 6.45) is 3.60. The highest BCUT2D eigenvalue weighted by atomic mass is 28.3. The zero-order valence-electron chi connectivity index (χ0n) is 9.38. The van der Waals surface area contributed by atoms with E-state index < -0.39 is 8.07 Å². The highest BCUT2D eigenvalue weighted by molar-refractivity contribution is 6.76. The van der Waals surface area contributed by atoms with Gasteiger partial charge in [-0.05, 0) is 32.0 Å². The van der Waals surface area contributed by atoms with Crippen LogP contribution >= 0.6 is 0 Å². The average molecular weight is 201 g/mol. The van der Waals surface area contributed by atoms with Crippen molar-refractivity contribution in [2.24, 2.45) is 5.92 Å². The Kier molecular flexibility index (Phi) is 3.55. The molecule has 1 unspecified atom stereocenters. The van der Waals surface area contributed by atoms with E-state index >= 15 is 0 Å². The summed E-state index contributed by atoms with van der Waals surface area (Å²) in [7, 11) is 1.14. The van der Waals surface area contributed by atoms with Gasteiger partial charge in [0.1, 0.15) is 0 Å². The second-order valence-corrected chi connectivity index (χ2v) is 11.1. The summed E-state index contributed by atoms with van der Waals surface area (Å²) >= 11 is 0. The van der Waals surface area contributed by atoms with Crippen molar-refractivity contribution in [1.29, 1.82) is 0 Å². The molecule has 1 saturated carbocycles. The maximum Gasteiger partial charge on any atom is 0.0694 e. The summed E-state index contributed by atoms with van der Waals surface area (Å²) in [5.41, 5.74) is 0. The van der Waals surface area contributed by atoms with Gasteiger partial charge in [0, 0.05) is 6.54 Å². The average Bonchev–Trinajstić information content (AvgIpc) is 2.60. The van der Waals surface area contributed by atoms with Gasteiger partial charge in [-0.1, -0.05) is 19.6 Å². The Hall–Kier alpha value is 0.137. The third kappa shape index (κ3) is 4.79. The van der Waals surface area contributed by atoms with Gasteiger partial charge in [-0.2, -0.15) is 0 Å². The molecule has 1 N–H and O–H groups in total. The minimum Gasteiger partial charge on any atom is -0.392 e. The summed E-state index contributed by atoms with van der Waals surface area (Å²) < 4.78 is 0. The zero-order valence-corrected chi connectivity index (χ0v) is 10.4. The Balaban J connectivity index is 2.19. The lowest BCUT2D eigenvalue weighted by Crippen LogP contribution is -2.41. The summed E-state index contributed by atoms with van der Waals surface area (Å²) in [4.78, 5) is 2.30. The molecule has 0 saturated heterocycles. The van der Waals surface area contributed by atoms with Gasteiger partial charge in [-0.15, -0.1) is 0 Å². The first-order valence-electron chi connectivity index (χ1n) is 5.25. The van der Waals surface area contributed by atoms with Gasteiger partial charge in [0.2, 0.25) is 0 Å². The molecule has 1 atom stereocenters. The molecule has 2 nitrogen and oxygen atoms in total. The van der Waals surface area contributed by atoms with Crippen LogP contribution in [0.5, 0.6) is 0 Å². The normalized spacial score (nSPS) is 20.8. The van der Waals surface area contributed by atoms with Crippen LogP contribution < -0.4 is 0 Å². The van der Waals surface area contributed by atoms with Gasteiger partial charge >= 0.3 is 0 Å². The van der Waals surface area contributed by atoms with Gasteiger partial charge in [0.05, 0.1) is 14.2 Å². The van der Waals surface area contributed by atoms with Crippen LogP contribution in [0.25, 0.3) is 0 Å². The monoisotopic (exact) mass is 201 g/mol. The molecule has 1 aliphatic carbocycles. The topological polar surface area (TPSA) is 23.5 Å². The molecule has 0 spiro atoms. The number of hydrogen-bond acceptors (Lipinski definition) is 2. The highest BCUT2D eigenvalue weighted by Gasteiger charge is 2.30. The Morgan fingerprint density at radius 1 is 1.38 bits per heavy atom. The minimum absolute atomic E-state index is 0.0682. The van der Waals surface area contributed by atoms with Crippen molar-refractivity contribution < 1.29 is 5.11 Å². The number of hydrogen-bond donors (Lipinski definition) is 1. The fourth-order valence-electron chi connectivity index (χ4n) is 1.82. The largest absolute Gasteiger partial charge is 0.392 e. The first-order chi connectivity index (χ1) is 5.88. The van der Waals surface area contributed by atoms with Crippen LogP contribution in [-0.2, 0) is 0 Å². The molecule has 0 bridgehead atoms. The van der Waals surface area contributed by atoms with Crippen molar-refractivity contribution in [3.8, 4) is 0 Å². The van der Waals surface area contributed by atoms with Crippen molar-refractivity contribution in [3.05, 3.63) is 0 Å². The molecule has 0 aromatic carbocycles. The molecule has 0 amide bonds. The van der Waals surface area contributed by atoms with Crippen LogP contribution in [-0.4, -0.2) is 43.9 Å². The SMILES string of the molecule is CN(CC(O)C1CC1)C[Si](C)(C)C. The number of aliphatic hydroxyl groups excluding tert-OH is 1. The molecule has 0 aliphatic heterocycles. The first-order valence-corrected chi connectivity index (χ1v) is 8.96. The quantitative estimate of drug-likeness (QED) is 0.683. The van der Waals surface area contributed by atoms with Crippen molar-refractivity contribution >= 4 is 8.07 Å². The molecule has 0 aromatic heterocycles. The van der Waals surface area contributed by atoms with Crippen LogP contribution in [0, 0.1) is 5.92 Å². The minimum atomic E-state index is -0.987. The van der Waals surface area contributed by atoms with Crippen molar-refractivity contribution in [3.63, 3.8) is 0 Å². The Morgan fingerprint density at radius 3 is 2.31 bits per heavy atom. The lowest BCUT2D eigenvalue weighted by atomic mass is 10.2. The molecule has 78 valence electrons. The number of rotatable bonds is 5. The van der Waals surface area contributed by atoms with E-state index in [0.717, 1.165) is 6.54 Å². The predicted octanol–water partition coefficient (Wildman–Crippen LogP) is 1.57. The lowest BCUT2D eigenvalue weighted by Gasteiger charge is -2.26. The van der Waals surface area contributed by atoms with Crippen LogP contribution in [0.4, 0.5) is 0 Å². The Labute approximate surface area is 83.0 Å². The standard InChI is InChI=1S/C10H23NOSi/c1-11(8-13(2,3)4)7-10(12)9-5-6-9/h9-10,12H,5-8H2,1-4H3. The Morgan fingerprint density at radius 2 is 1.92 bits per heavy atom. The lowest BCUT2D eigenvalue weighted by molar-refractivity contribution is 0.113. The summed E-state index contributed by atoms with van der Waals surface area (Å²) in [6, 6.07) is 0. The summed E-state index contributed by atoms with van der Waals surface area (Å²) in [6.45, 7) is 7.97. The highest BCUT2D eigenvalue weighted by Crippen LogP contribution is 2.32. The molecule has 1 rings (SSSR count). The molecule has 0 heterocycles. The van der Waals surface area contributed by atoms with E-state index in [0.29, 0.717) is 5.92 Å². The third-order valence-electron chi connectivity index (χ3n) is 2.41. The van der Waals surface area contributed by atoms with Crippen LogP contribution in [0.1, 0.15) is 12.8 Å². The van der Waals surface area contributed by atoms with Gasteiger partial charge in [-0.25, -0.2) is 0 Å². The van der Waals surface area contributed by atoms with Gasteiger partial charge in [-0.3, -0.25) is 0 Å². The van der Waals surface area contributed by atoms with Gasteiger partial charge in [0.15, 0.2) is 0 Å². The smallest absolute Gasteiger partial charge is 0.0694 e. The van der Waals surface area contributed by atoms with Crippen LogP contribution in [0.2, 0.25) is 19.6 Å². The van der Waals surface area contributed by atoms with E-state index in [2.05, 4.69) is 31.6 Å². The molecular weight excluding hydrogens is 178 g/mol. The molecule has 0 radical (unpaired) electrons. The number of aliphatic hydroxyl groups is 1. The van der Waals surface area contributed by atoms with Gasteiger partial charge in [0.25, 0.3) is 0 Å². The third-order valence-corrected chi connectivity index (χ3v) is 3.90. The maximum absolute atomic E-state index is 9.73.